The lowest BCUT2D eigenvalue weighted by molar-refractivity contribution is -0.384. The molecule has 7 heteroatoms. The Balaban J connectivity index is 2.63. The molecule has 0 saturated carbocycles. The summed E-state index contributed by atoms with van der Waals surface area (Å²) >= 11 is 0. The van der Waals surface area contributed by atoms with Gasteiger partial charge in [0.25, 0.3) is 5.69 Å². The van der Waals surface area contributed by atoms with E-state index in [0.29, 0.717) is 0 Å². The Kier molecular flexibility index (Phi) is 3.51. The van der Waals surface area contributed by atoms with Gasteiger partial charge in [-0.1, -0.05) is 20.8 Å². The maximum atomic E-state index is 11.8. The zero-order valence-electron chi connectivity index (χ0n) is 11.8. The van der Waals surface area contributed by atoms with Crippen LogP contribution in [0.2, 0.25) is 0 Å². The van der Waals surface area contributed by atoms with Crippen molar-refractivity contribution < 1.29 is 14.4 Å². The molecule has 110 valence electrons. The van der Waals surface area contributed by atoms with Crippen LogP contribution in [0, 0.1) is 15.5 Å². The fourth-order valence-electron chi connectivity index (χ4n) is 1.56. The number of rotatable bonds is 2. The number of non-ortho nitro benzene ring substituents is 1. The van der Waals surface area contributed by atoms with Crippen molar-refractivity contribution in [2.75, 3.05) is 0 Å². The first-order valence-electron chi connectivity index (χ1n) is 6.19. The average Bonchev–Trinajstić information content (AvgIpc) is 2.37. The second-order valence-electron chi connectivity index (χ2n) is 5.58. The summed E-state index contributed by atoms with van der Waals surface area (Å²) in [6, 6.07) is 3.76. The molecule has 0 fully saturated rings. The standard InChI is InChI=1S/C14H14N2O5/c1-14(2,3)12(17)7-10-13(18)21-11-5-4-8(16(19)20)6-9(11)15-10/h4-7,17H,1-3H3/b12-7-. The Bertz CT molecular complexity index is 799. The van der Waals surface area contributed by atoms with Crippen LogP contribution < -0.4 is 5.63 Å². The number of aliphatic hydroxyl groups is 1. The fraction of sp³-hybridized carbons (Fsp3) is 0.286. The van der Waals surface area contributed by atoms with Gasteiger partial charge in [0.05, 0.1) is 10.7 Å². The minimum absolute atomic E-state index is 0.0351. The number of aliphatic hydroxyl groups excluding tert-OH is 1. The van der Waals surface area contributed by atoms with E-state index in [1.807, 2.05) is 0 Å². The first-order chi connectivity index (χ1) is 9.68. The maximum Gasteiger partial charge on any atom is 0.362 e. The quantitative estimate of drug-likeness (QED) is 0.517. The molecule has 1 aromatic carbocycles. The van der Waals surface area contributed by atoms with Gasteiger partial charge in [-0.3, -0.25) is 10.1 Å². The minimum atomic E-state index is -0.716. The van der Waals surface area contributed by atoms with Gasteiger partial charge in [0.1, 0.15) is 5.52 Å². The summed E-state index contributed by atoms with van der Waals surface area (Å²) in [6.45, 7) is 5.31. The molecule has 0 radical (unpaired) electrons. The van der Waals surface area contributed by atoms with Crippen molar-refractivity contribution >= 4 is 22.9 Å². The molecular weight excluding hydrogens is 276 g/mol. The van der Waals surface area contributed by atoms with E-state index in [-0.39, 0.29) is 28.2 Å². The molecule has 0 spiro atoms. The van der Waals surface area contributed by atoms with Gasteiger partial charge < -0.3 is 9.52 Å². The number of hydrogen-bond donors (Lipinski definition) is 1. The average molecular weight is 290 g/mol. The van der Waals surface area contributed by atoms with Gasteiger partial charge >= 0.3 is 5.63 Å². The minimum Gasteiger partial charge on any atom is -0.512 e. The number of aromatic nitrogens is 1. The zero-order chi connectivity index (χ0) is 15.8. The van der Waals surface area contributed by atoms with Crippen molar-refractivity contribution in [3.8, 4) is 0 Å². The molecule has 0 atom stereocenters. The van der Waals surface area contributed by atoms with Gasteiger partial charge in [-0.05, 0) is 6.07 Å². The number of nitro groups is 1. The van der Waals surface area contributed by atoms with E-state index in [1.165, 1.54) is 24.3 Å². The predicted octanol–water partition coefficient (Wildman–Crippen LogP) is 3.04. The molecule has 21 heavy (non-hydrogen) atoms. The predicted molar refractivity (Wildman–Crippen MR) is 77.0 cm³/mol. The smallest absolute Gasteiger partial charge is 0.362 e. The summed E-state index contributed by atoms with van der Waals surface area (Å²) in [5.74, 6) is -0.0351. The summed E-state index contributed by atoms with van der Waals surface area (Å²) in [6.07, 6.45) is 1.21. The van der Waals surface area contributed by atoms with E-state index >= 15 is 0 Å². The number of nitrogens with zero attached hydrogens (tertiary/aromatic N) is 2. The van der Waals surface area contributed by atoms with Crippen molar-refractivity contribution in [1.82, 2.24) is 4.98 Å². The molecule has 7 nitrogen and oxygen atoms in total. The topological polar surface area (TPSA) is 106 Å². The highest BCUT2D eigenvalue weighted by Gasteiger charge is 2.18. The van der Waals surface area contributed by atoms with Crippen LogP contribution >= 0.6 is 0 Å². The number of fused-ring (bicyclic) bond motifs is 1. The van der Waals surface area contributed by atoms with Crippen molar-refractivity contribution in [1.29, 1.82) is 0 Å². The van der Waals surface area contributed by atoms with Gasteiger partial charge in [0.15, 0.2) is 11.3 Å². The molecule has 0 bridgehead atoms. The molecule has 0 aliphatic carbocycles. The van der Waals surface area contributed by atoms with Crippen LogP contribution in [0.25, 0.3) is 17.2 Å². The Morgan fingerprint density at radius 3 is 2.67 bits per heavy atom. The molecule has 2 aromatic rings. The van der Waals surface area contributed by atoms with Crippen LogP contribution in [-0.4, -0.2) is 15.0 Å². The Morgan fingerprint density at radius 1 is 1.43 bits per heavy atom. The van der Waals surface area contributed by atoms with E-state index in [0.717, 1.165) is 0 Å². The molecule has 1 N–H and O–H groups in total. The summed E-state index contributed by atoms with van der Waals surface area (Å²) < 4.78 is 5.04. The third-order valence-corrected chi connectivity index (χ3v) is 2.85. The van der Waals surface area contributed by atoms with Crippen LogP contribution in [0.3, 0.4) is 0 Å². The van der Waals surface area contributed by atoms with Crippen LogP contribution in [-0.2, 0) is 0 Å². The molecule has 0 aliphatic rings. The SMILES string of the molecule is CC(C)(C)/C(O)=C/c1nc2cc([N+](=O)[O-])ccc2oc1=O. The first-order valence-corrected chi connectivity index (χ1v) is 6.19. The molecule has 0 aliphatic heterocycles. The summed E-state index contributed by atoms with van der Waals surface area (Å²) in [7, 11) is 0. The monoisotopic (exact) mass is 290 g/mol. The van der Waals surface area contributed by atoms with Crippen LogP contribution in [0.4, 0.5) is 5.69 Å². The maximum absolute atomic E-state index is 11.8. The summed E-state index contributed by atoms with van der Waals surface area (Å²) in [5.41, 5.74) is -1.19. The number of hydrogen-bond acceptors (Lipinski definition) is 6. The lowest BCUT2D eigenvalue weighted by Crippen LogP contribution is -2.12. The molecule has 1 heterocycles. The van der Waals surface area contributed by atoms with Crippen molar-refractivity contribution in [2.45, 2.75) is 20.8 Å². The van der Waals surface area contributed by atoms with Gasteiger partial charge in [-0.15, -0.1) is 0 Å². The third kappa shape index (κ3) is 3.07. The zero-order valence-corrected chi connectivity index (χ0v) is 11.8. The van der Waals surface area contributed by atoms with E-state index in [9.17, 15) is 20.0 Å². The first kappa shape index (κ1) is 14.7. The summed E-state index contributed by atoms with van der Waals surface area (Å²) in [5, 5.41) is 20.7. The lowest BCUT2D eigenvalue weighted by Gasteiger charge is -2.16. The molecular formula is C14H14N2O5. The largest absolute Gasteiger partial charge is 0.512 e. The van der Waals surface area contributed by atoms with Crippen molar-refractivity contribution in [3.63, 3.8) is 0 Å². The molecule has 0 saturated heterocycles. The fourth-order valence-corrected chi connectivity index (χ4v) is 1.56. The van der Waals surface area contributed by atoms with E-state index in [4.69, 9.17) is 4.42 Å². The van der Waals surface area contributed by atoms with E-state index in [2.05, 4.69) is 4.98 Å². The normalized spacial score (nSPS) is 12.6. The van der Waals surface area contributed by atoms with Crippen molar-refractivity contribution in [3.05, 3.63) is 50.2 Å². The Morgan fingerprint density at radius 2 is 2.10 bits per heavy atom. The van der Waals surface area contributed by atoms with Gasteiger partial charge in [-0.25, -0.2) is 9.78 Å². The summed E-state index contributed by atoms with van der Waals surface area (Å²) in [4.78, 5) is 26.0. The highest BCUT2D eigenvalue weighted by molar-refractivity contribution is 5.75. The second-order valence-corrected chi connectivity index (χ2v) is 5.58. The van der Waals surface area contributed by atoms with Gasteiger partial charge in [-0.2, -0.15) is 0 Å². The molecule has 2 rings (SSSR count). The lowest BCUT2D eigenvalue weighted by atomic mass is 9.93. The van der Waals surface area contributed by atoms with Gasteiger partial charge in [0, 0.05) is 23.6 Å². The molecule has 1 aromatic heterocycles. The second kappa shape index (κ2) is 5.01. The number of nitro benzene ring substituents is 1. The third-order valence-electron chi connectivity index (χ3n) is 2.85. The molecule has 0 unspecified atom stereocenters. The van der Waals surface area contributed by atoms with Gasteiger partial charge in [0.2, 0.25) is 0 Å². The molecule has 0 amide bonds. The highest BCUT2D eigenvalue weighted by atomic mass is 16.6. The number of benzene rings is 1. The van der Waals surface area contributed by atoms with E-state index < -0.39 is 16.0 Å². The van der Waals surface area contributed by atoms with Crippen molar-refractivity contribution in [2.24, 2.45) is 5.41 Å². The van der Waals surface area contributed by atoms with Crippen LogP contribution in [0.1, 0.15) is 26.5 Å². The highest BCUT2D eigenvalue weighted by Crippen LogP contribution is 2.24. The van der Waals surface area contributed by atoms with Crippen LogP contribution in [0.5, 0.6) is 0 Å². The number of allylic oxidation sites excluding steroid dienone is 1. The Hall–Kier alpha value is -2.70. The Labute approximate surface area is 119 Å². The van der Waals surface area contributed by atoms with Crippen LogP contribution in [0.15, 0.2) is 33.2 Å². The van der Waals surface area contributed by atoms with E-state index in [1.54, 1.807) is 20.8 Å².